The molecule has 2 N–H and O–H groups in total. The van der Waals surface area contributed by atoms with Gasteiger partial charge in [-0.15, -0.1) is 0 Å². The molecule has 0 bridgehead atoms. The van der Waals surface area contributed by atoms with Crippen LogP contribution in [-0.4, -0.2) is 22.8 Å². The maximum absolute atomic E-state index is 4.64. The molecule has 1 heterocycles. The summed E-state index contributed by atoms with van der Waals surface area (Å²) in [5, 5.41) is 11.6. The van der Waals surface area contributed by atoms with Gasteiger partial charge in [0.05, 0.1) is 11.7 Å². The average Bonchev–Trinajstić information content (AvgIpc) is 2.99. The van der Waals surface area contributed by atoms with Gasteiger partial charge in [0, 0.05) is 31.9 Å². The largest absolute Gasteiger partial charge is 0.352 e. The molecular weight excluding hydrogens is 322 g/mol. The van der Waals surface area contributed by atoms with E-state index in [0.717, 1.165) is 37.5 Å². The molecule has 0 amide bonds. The number of aliphatic imine (C=N–C) groups is 1. The van der Waals surface area contributed by atoms with E-state index in [4.69, 9.17) is 0 Å². The van der Waals surface area contributed by atoms with Gasteiger partial charge in [-0.2, -0.15) is 5.10 Å². The third kappa shape index (κ3) is 4.65. The third-order valence-electron chi connectivity index (χ3n) is 4.93. The van der Waals surface area contributed by atoms with Crippen LogP contribution in [0.4, 0.5) is 0 Å². The van der Waals surface area contributed by atoms with E-state index < -0.39 is 0 Å². The van der Waals surface area contributed by atoms with Gasteiger partial charge in [-0.05, 0) is 37.3 Å². The molecule has 1 aromatic heterocycles. The monoisotopic (exact) mass is 355 g/mol. The van der Waals surface area contributed by atoms with Crippen molar-refractivity contribution in [2.75, 3.05) is 7.05 Å². The van der Waals surface area contributed by atoms with E-state index in [1.54, 1.807) is 0 Å². The standard InChI is InChI=1S/C21H33N5/c1-7-16-10-12-17(13-11-16)15(4)24-21(22-5)23-14-18-19(8-2)25-26(6)20(18)9-3/h10-13,15H,7-9,14H2,1-6H3,(H2,22,23,24). The summed E-state index contributed by atoms with van der Waals surface area (Å²) >= 11 is 0. The molecule has 26 heavy (non-hydrogen) atoms. The second-order valence-electron chi connectivity index (χ2n) is 6.59. The topological polar surface area (TPSA) is 54.2 Å². The van der Waals surface area contributed by atoms with Crippen LogP contribution in [0.1, 0.15) is 61.8 Å². The molecule has 5 nitrogen and oxygen atoms in total. The van der Waals surface area contributed by atoms with Crippen molar-refractivity contribution in [3.63, 3.8) is 0 Å². The van der Waals surface area contributed by atoms with Gasteiger partial charge in [-0.25, -0.2) is 0 Å². The van der Waals surface area contributed by atoms with Crippen LogP contribution in [0.15, 0.2) is 29.3 Å². The first-order valence-corrected chi connectivity index (χ1v) is 9.63. The number of nitrogens with one attached hydrogen (secondary N) is 2. The summed E-state index contributed by atoms with van der Waals surface area (Å²) in [5.41, 5.74) is 6.36. The first kappa shape index (κ1) is 20.0. The minimum absolute atomic E-state index is 0.192. The van der Waals surface area contributed by atoms with E-state index in [0.29, 0.717) is 0 Å². The van der Waals surface area contributed by atoms with E-state index in [2.05, 4.69) is 72.7 Å². The highest BCUT2D eigenvalue weighted by atomic mass is 15.3. The molecule has 1 aromatic carbocycles. The molecule has 0 aliphatic heterocycles. The Morgan fingerprint density at radius 3 is 2.35 bits per heavy atom. The molecule has 2 rings (SSSR count). The van der Waals surface area contributed by atoms with Gasteiger partial charge in [0.1, 0.15) is 0 Å². The molecule has 0 fully saturated rings. The smallest absolute Gasteiger partial charge is 0.191 e. The van der Waals surface area contributed by atoms with Crippen molar-refractivity contribution in [3.05, 3.63) is 52.3 Å². The molecule has 142 valence electrons. The van der Waals surface area contributed by atoms with Crippen molar-refractivity contribution in [1.82, 2.24) is 20.4 Å². The van der Waals surface area contributed by atoms with Gasteiger partial charge in [0.15, 0.2) is 5.96 Å². The number of hydrogen-bond acceptors (Lipinski definition) is 2. The van der Waals surface area contributed by atoms with Gasteiger partial charge in [0.2, 0.25) is 0 Å². The Morgan fingerprint density at radius 1 is 1.12 bits per heavy atom. The summed E-state index contributed by atoms with van der Waals surface area (Å²) < 4.78 is 2.00. The van der Waals surface area contributed by atoms with E-state index in [-0.39, 0.29) is 6.04 Å². The molecule has 0 aliphatic carbocycles. The minimum atomic E-state index is 0.192. The number of rotatable bonds is 7. The Kier molecular flexibility index (Phi) is 7.25. The van der Waals surface area contributed by atoms with Crippen LogP contribution in [0.25, 0.3) is 0 Å². The number of benzene rings is 1. The summed E-state index contributed by atoms with van der Waals surface area (Å²) in [7, 11) is 3.84. The lowest BCUT2D eigenvalue weighted by molar-refractivity contribution is 0.681. The molecule has 0 saturated heterocycles. The first-order chi connectivity index (χ1) is 12.5. The molecule has 1 atom stereocenters. The lowest BCUT2D eigenvalue weighted by atomic mass is 10.1. The Morgan fingerprint density at radius 2 is 1.81 bits per heavy atom. The fourth-order valence-electron chi connectivity index (χ4n) is 3.29. The lowest BCUT2D eigenvalue weighted by Gasteiger charge is -2.19. The molecule has 5 heteroatoms. The number of hydrogen-bond donors (Lipinski definition) is 2. The van der Waals surface area contributed by atoms with E-state index in [1.165, 1.54) is 22.4 Å². The van der Waals surface area contributed by atoms with Gasteiger partial charge >= 0.3 is 0 Å². The summed E-state index contributed by atoms with van der Waals surface area (Å²) in [6, 6.07) is 8.96. The van der Waals surface area contributed by atoms with Crippen LogP contribution in [0.5, 0.6) is 0 Å². The second-order valence-corrected chi connectivity index (χ2v) is 6.59. The molecule has 2 aromatic rings. The van der Waals surface area contributed by atoms with Gasteiger partial charge in [-0.3, -0.25) is 9.67 Å². The zero-order valence-electron chi connectivity index (χ0n) is 17.1. The number of aromatic nitrogens is 2. The number of guanidine groups is 1. The number of aryl methyl sites for hydroxylation is 3. The Hall–Kier alpha value is -2.30. The Bertz CT molecular complexity index is 728. The molecule has 0 spiro atoms. The van der Waals surface area contributed by atoms with Crippen molar-refractivity contribution >= 4 is 5.96 Å². The van der Waals surface area contributed by atoms with E-state index in [9.17, 15) is 0 Å². The van der Waals surface area contributed by atoms with Gasteiger partial charge in [-0.1, -0.05) is 45.0 Å². The predicted octanol–water partition coefficient (Wildman–Crippen LogP) is 3.53. The highest BCUT2D eigenvalue weighted by Crippen LogP contribution is 2.16. The molecule has 0 aliphatic rings. The lowest BCUT2D eigenvalue weighted by Crippen LogP contribution is -2.38. The van der Waals surface area contributed by atoms with E-state index >= 15 is 0 Å². The van der Waals surface area contributed by atoms with Crippen molar-refractivity contribution < 1.29 is 0 Å². The predicted molar refractivity (Wildman–Crippen MR) is 110 cm³/mol. The summed E-state index contributed by atoms with van der Waals surface area (Å²) in [6.45, 7) is 9.40. The summed E-state index contributed by atoms with van der Waals surface area (Å²) in [5.74, 6) is 0.810. The first-order valence-electron chi connectivity index (χ1n) is 9.63. The fraction of sp³-hybridized carbons (Fsp3) is 0.524. The van der Waals surface area contributed by atoms with Gasteiger partial charge < -0.3 is 10.6 Å². The molecule has 0 saturated carbocycles. The SMILES string of the molecule is CCc1ccc(C(C)NC(=NC)NCc2c(CC)nn(C)c2CC)cc1. The van der Waals surface area contributed by atoms with Crippen LogP contribution in [0.2, 0.25) is 0 Å². The van der Waals surface area contributed by atoms with Crippen LogP contribution in [-0.2, 0) is 32.9 Å². The van der Waals surface area contributed by atoms with Crippen LogP contribution in [0.3, 0.4) is 0 Å². The van der Waals surface area contributed by atoms with Crippen molar-refractivity contribution in [3.8, 4) is 0 Å². The third-order valence-corrected chi connectivity index (χ3v) is 4.93. The van der Waals surface area contributed by atoms with Crippen molar-refractivity contribution in [2.45, 2.75) is 59.5 Å². The second kappa shape index (κ2) is 9.41. The van der Waals surface area contributed by atoms with Crippen LogP contribution in [0, 0.1) is 0 Å². The highest BCUT2D eigenvalue weighted by molar-refractivity contribution is 5.80. The van der Waals surface area contributed by atoms with Gasteiger partial charge in [0.25, 0.3) is 0 Å². The van der Waals surface area contributed by atoms with E-state index in [1.807, 2.05) is 18.8 Å². The summed E-state index contributed by atoms with van der Waals surface area (Å²) in [6.07, 6.45) is 2.99. The summed E-state index contributed by atoms with van der Waals surface area (Å²) in [4.78, 5) is 4.39. The Balaban J connectivity index is 2.04. The molecule has 0 radical (unpaired) electrons. The quantitative estimate of drug-likeness (QED) is 0.590. The zero-order valence-corrected chi connectivity index (χ0v) is 17.1. The minimum Gasteiger partial charge on any atom is -0.352 e. The van der Waals surface area contributed by atoms with Crippen LogP contribution < -0.4 is 10.6 Å². The molecule has 1 unspecified atom stereocenters. The van der Waals surface area contributed by atoms with Crippen molar-refractivity contribution in [2.24, 2.45) is 12.0 Å². The van der Waals surface area contributed by atoms with Crippen LogP contribution >= 0.6 is 0 Å². The zero-order chi connectivity index (χ0) is 19.1. The maximum Gasteiger partial charge on any atom is 0.191 e. The average molecular weight is 356 g/mol. The maximum atomic E-state index is 4.64. The normalized spacial score (nSPS) is 12.9. The fourth-order valence-corrected chi connectivity index (χ4v) is 3.29. The Labute approximate surface area is 157 Å². The molecular formula is C21H33N5. The van der Waals surface area contributed by atoms with Crippen molar-refractivity contribution in [1.29, 1.82) is 0 Å². The number of nitrogens with zero attached hydrogens (tertiary/aromatic N) is 3. The highest BCUT2D eigenvalue weighted by Gasteiger charge is 2.14.